The molecule has 0 saturated carbocycles. The molecular weight excluding hydrogens is 266 g/mol. The van der Waals surface area contributed by atoms with Gasteiger partial charge >= 0.3 is 5.97 Å². The highest BCUT2D eigenvalue weighted by molar-refractivity contribution is 5.85. The van der Waals surface area contributed by atoms with E-state index in [4.69, 9.17) is 0 Å². The van der Waals surface area contributed by atoms with Crippen molar-refractivity contribution < 1.29 is 14.7 Å². The van der Waals surface area contributed by atoms with E-state index in [1.54, 1.807) is 4.90 Å². The van der Waals surface area contributed by atoms with E-state index >= 15 is 0 Å². The lowest BCUT2D eigenvalue weighted by Gasteiger charge is -2.26. The number of likely N-dealkylation sites (tertiary alicyclic amines) is 1. The molecule has 4 nitrogen and oxygen atoms in total. The topological polar surface area (TPSA) is 57.6 Å². The Morgan fingerprint density at radius 2 is 1.86 bits per heavy atom. The summed E-state index contributed by atoms with van der Waals surface area (Å²) < 4.78 is 0. The highest BCUT2D eigenvalue weighted by atomic mass is 16.4. The first kappa shape index (κ1) is 15.5. The normalized spacial score (nSPS) is 22.3. The molecule has 114 valence electrons. The van der Waals surface area contributed by atoms with Gasteiger partial charge in [-0.05, 0) is 17.4 Å². The van der Waals surface area contributed by atoms with Crippen LogP contribution in [-0.4, -0.2) is 34.5 Å². The molecule has 21 heavy (non-hydrogen) atoms. The minimum Gasteiger partial charge on any atom is -0.480 e. The summed E-state index contributed by atoms with van der Waals surface area (Å²) in [6.45, 7) is 6.47. The van der Waals surface area contributed by atoms with Gasteiger partial charge in [-0.3, -0.25) is 4.79 Å². The molecule has 1 heterocycles. The number of carbonyl (C=O) groups excluding carboxylic acids is 1. The van der Waals surface area contributed by atoms with E-state index in [0.29, 0.717) is 19.4 Å². The van der Waals surface area contributed by atoms with Crippen LogP contribution in [0.1, 0.15) is 45.1 Å². The van der Waals surface area contributed by atoms with Gasteiger partial charge in [-0.15, -0.1) is 0 Å². The van der Waals surface area contributed by atoms with Crippen molar-refractivity contribution in [3.05, 3.63) is 35.9 Å². The van der Waals surface area contributed by atoms with Crippen LogP contribution in [0.15, 0.2) is 30.3 Å². The molecule has 0 bridgehead atoms. The monoisotopic (exact) mass is 289 g/mol. The maximum absolute atomic E-state index is 12.4. The van der Waals surface area contributed by atoms with Crippen LogP contribution < -0.4 is 0 Å². The summed E-state index contributed by atoms with van der Waals surface area (Å²) in [5.74, 6) is -0.861. The lowest BCUT2D eigenvalue weighted by Crippen LogP contribution is -2.41. The molecule has 1 amide bonds. The first-order valence-corrected chi connectivity index (χ1v) is 7.35. The minimum absolute atomic E-state index is 0.0617. The second-order valence-corrected chi connectivity index (χ2v) is 6.98. The number of carbonyl (C=O) groups is 2. The van der Waals surface area contributed by atoms with Gasteiger partial charge in [-0.1, -0.05) is 51.1 Å². The molecule has 0 unspecified atom stereocenters. The van der Waals surface area contributed by atoms with Crippen molar-refractivity contribution in [1.29, 1.82) is 0 Å². The third kappa shape index (κ3) is 3.84. The number of carboxylic acids is 1. The Balaban J connectivity index is 2.16. The number of carboxylic acid groups (broad SMARTS) is 1. The van der Waals surface area contributed by atoms with Crippen molar-refractivity contribution in [2.45, 2.75) is 45.6 Å². The Labute approximate surface area is 125 Å². The second-order valence-electron chi connectivity index (χ2n) is 6.98. The molecule has 0 spiro atoms. The van der Waals surface area contributed by atoms with Gasteiger partial charge in [0.05, 0.1) is 0 Å². The lowest BCUT2D eigenvalue weighted by molar-refractivity contribution is -0.148. The number of hydrogen-bond donors (Lipinski definition) is 1. The molecule has 0 aromatic heterocycles. The Hall–Kier alpha value is -1.84. The molecule has 1 aromatic carbocycles. The standard InChI is InChI=1S/C17H23NO3/c1-17(2,3)10-15(19)18-11-13(9-14(18)16(20)21)12-7-5-4-6-8-12/h4-8,13-14H,9-11H2,1-3H3,(H,20,21)/t13-,14+/m1/s1. The van der Waals surface area contributed by atoms with Crippen LogP contribution in [-0.2, 0) is 9.59 Å². The van der Waals surface area contributed by atoms with Crippen LogP contribution in [0.25, 0.3) is 0 Å². The average molecular weight is 289 g/mol. The van der Waals surface area contributed by atoms with Gasteiger partial charge in [0.1, 0.15) is 6.04 Å². The highest BCUT2D eigenvalue weighted by Crippen LogP contribution is 2.33. The largest absolute Gasteiger partial charge is 0.480 e. The van der Waals surface area contributed by atoms with E-state index in [2.05, 4.69) is 0 Å². The zero-order valence-corrected chi connectivity index (χ0v) is 12.9. The van der Waals surface area contributed by atoms with Crippen molar-refractivity contribution in [3.63, 3.8) is 0 Å². The molecule has 1 aromatic rings. The molecule has 4 heteroatoms. The van der Waals surface area contributed by atoms with E-state index in [9.17, 15) is 14.7 Å². The Kier molecular flexibility index (Phi) is 4.35. The zero-order valence-electron chi connectivity index (χ0n) is 12.9. The van der Waals surface area contributed by atoms with Gasteiger partial charge < -0.3 is 10.0 Å². The third-order valence-electron chi connectivity index (χ3n) is 3.86. The van der Waals surface area contributed by atoms with Crippen molar-refractivity contribution in [1.82, 2.24) is 4.90 Å². The van der Waals surface area contributed by atoms with Crippen LogP contribution in [0.3, 0.4) is 0 Å². The van der Waals surface area contributed by atoms with Gasteiger partial charge in [0.25, 0.3) is 0 Å². The smallest absolute Gasteiger partial charge is 0.326 e. The summed E-state index contributed by atoms with van der Waals surface area (Å²) in [5.41, 5.74) is 0.972. The van der Waals surface area contributed by atoms with E-state index < -0.39 is 12.0 Å². The van der Waals surface area contributed by atoms with Gasteiger partial charge in [-0.2, -0.15) is 0 Å². The average Bonchev–Trinajstić information content (AvgIpc) is 2.83. The SMILES string of the molecule is CC(C)(C)CC(=O)N1C[C@H](c2ccccc2)C[C@H]1C(=O)O. The Bertz CT molecular complexity index is 519. The first-order valence-electron chi connectivity index (χ1n) is 7.35. The molecule has 0 aliphatic carbocycles. The minimum atomic E-state index is -0.907. The van der Waals surface area contributed by atoms with Gasteiger partial charge in [0, 0.05) is 18.9 Å². The van der Waals surface area contributed by atoms with Crippen LogP contribution in [0.4, 0.5) is 0 Å². The van der Waals surface area contributed by atoms with E-state index in [0.717, 1.165) is 5.56 Å². The fourth-order valence-corrected chi connectivity index (χ4v) is 2.87. The van der Waals surface area contributed by atoms with Crippen molar-refractivity contribution in [3.8, 4) is 0 Å². The molecule has 1 fully saturated rings. The Morgan fingerprint density at radius 1 is 1.24 bits per heavy atom. The molecule has 1 aliphatic heterocycles. The van der Waals surface area contributed by atoms with Crippen molar-refractivity contribution >= 4 is 11.9 Å². The van der Waals surface area contributed by atoms with Gasteiger partial charge in [0.15, 0.2) is 0 Å². The second kappa shape index (κ2) is 5.88. The molecule has 2 rings (SSSR count). The number of aliphatic carboxylic acids is 1. The van der Waals surface area contributed by atoms with Crippen LogP contribution in [0.5, 0.6) is 0 Å². The van der Waals surface area contributed by atoms with Crippen LogP contribution in [0, 0.1) is 5.41 Å². The predicted octanol–water partition coefficient (Wildman–Crippen LogP) is 2.89. The lowest BCUT2D eigenvalue weighted by atomic mass is 9.91. The Morgan fingerprint density at radius 3 is 2.38 bits per heavy atom. The molecule has 1 saturated heterocycles. The molecule has 1 aliphatic rings. The quantitative estimate of drug-likeness (QED) is 0.931. The number of nitrogens with zero attached hydrogens (tertiary/aromatic N) is 1. The van der Waals surface area contributed by atoms with Gasteiger partial charge in [-0.25, -0.2) is 4.79 Å². The maximum atomic E-state index is 12.4. The molecule has 1 N–H and O–H groups in total. The van der Waals surface area contributed by atoms with Crippen LogP contribution >= 0.6 is 0 Å². The summed E-state index contributed by atoms with van der Waals surface area (Å²) >= 11 is 0. The highest BCUT2D eigenvalue weighted by Gasteiger charge is 2.40. The first-order chi connectivity index (χ1) is 9.78. The number of hydrogen-bond acceptors (Lipinski definition) is 2. The number of benzene rings is 1. The summed E-state index contributed by atoms with van der Waals surface area (Å²) in [6.07, 6.45) is 0.869. The maximum Gasteiger partial charge on any atom is 0.326 e. The molecular formula is C17H23NO3. The van der Waals surface area contributed by atoms with Gasteiger partial charge in [0.2, 0.25) is 5.91 Å². The predicted molar refractivity (Wildman–Crippen MR) is 81.0 cm³/mol. The fraction of sp³-hybridized carbons (Fsp3) is 0.529. The molecule has 2 atom stereocenters. The molecule has 0 radical (unpaired) electrons. The number of rotatable bonds is 3. The van der Waals surface area contributed by atoms with E-state index in [1.807, 2.05) is 51.1 Å². The van der Waals surface area contributed by atoms with Crippen molar-refractivity contribution in [2.75, 3.05) is 6.54 Å². The van der Waals surface area contributed by atoms with E-state index in [-0.39, 0.29) is 17.2 Å². The number of amides is 1. The third-order valence-corrected chi connectivity index (χ3v) is 3.86. The summed E-state index contributed by atoms with van der Waals surface area (Å²) in [4.78, 5) is 25.4. The van der Waals surface area contributed by atoms with Crippen molar-refractivity contribution in [2.24, 2.45) is 5.41 Å². The summed E-state index contributed by atoms with van der Waals surface area (Å²) in [6, 6.07) is 9.14. The van der Waals surface area contributed by atoms with E-state index in [1.165, 1.54) is 0 Å². The summed E-state index contributed by atoms with van der Waals surface area (Å²) in [5, 5.41) is 9.40. The zero-order chi connectivity index (χ0) is 15.6. The fourth-order valence-electron chi connectivity index (χ4n) is 2.87. The summed E-state index contributed by atoms with van der Waals surface area (Å²) in [7, 11) is 0. The van der Waals surface area contributed by atoms with Crippen LogP contribution in [0.2, 0.25) is 0 Å².